The first kappa shape index (κ1) is 19.8. The van der Waals surface area contributed by atoms with Crippen molar-refractivity contribution in [2.45, 2.75) is 19.4 Å². The Morgan fingerprint density at radius 3 is 2.53 bits per heavy atom. The van der Waals surface area contributed by atoms with Crippen molar-refractivity contribution >= 4 is 34.5 Å². The van der Waals surface area contributed by atoms with Crippen LogP contribution < -0.4 is 10.2 Å². The molecule has 1 aliphatic heterocycles. The summed E-state index contributed by atoms with van der Waals surface area (Å²) >= 11 is 0. The summed E-state index contributed by atoms with van der Waals surface area (Å²) in [4.78, 5) is 31.8. The second-order valence-electron chi connectivity index (χ2n) is 8.02. The van der Waals surface area contributed by atoms with Crippen LogP contribution in [-0.4, -0.2) is 22.8 Å². The Hall–Kier alpha value is -4.12. The number of benzene rings is 3. The fourth-order valence-electron chi connectivity index (χ4n) is 4.31. The molecule has 2 amide bonds. The average molecular weight is 422 g/mol. The van der Waals surface area contributed by atoms with Gasteiger partial charge in [0.25, 0.3) is 11.8 Å². The number of nitrogens with one attached hydrogen (secondary N) is 2. The van der Waals surface area contributed by atoms with Gasteiger partial charge in [-0.1, -0.05) is 54.6 Å². The molecule has 0 fully saturated rings. The Morgan fingerprint density at radius 2 is 1.69 bits per heavy atom. The fraction of sp³-hybridized carbons (Fsp3) is 0.111. The molecular weight excluding hydrogens is 398 g/mol. The van der Waals surface area contributed by atoms with Gasteiger partial charge in [0.05, 0.1) is 0 Å². The van der Waals surface area contributed by atoms with Crippen LogP contribution in [0.25, 0.3) is 17.0 Å². The van der Waals surface area contributed by atoms with Crippen molar-refractivity contribution in [2.75, 3.05) is 4.90 Å². The third-order valence-corrected chi connectivity index (χ3v) is 5.86. The summed E-state index contributed by atoms with van der Waals surface area (Å²) in [5, 5.41) is 3.87. The van der Waals surface area contributed by atoms with E-state index in [0.29, 0.717) is 5.56 Å². The smallest absolute Gasteiger partial charge is 0.275 e. The van der Waals surface area contributed by atoms with Crippen LogP contribution in [0.5, 0.6) is 0 Å². The zero-order valence-electron chi connectivity index (χ0n) is 17.7. The number of fused-ring (bicyclic) bond motifs is 2. The van der Waals surface area contributed by atoms with Crippen LogP contribution >= 0.6 is 0 Å². The summed E-state index contributed by atoms with van der Waals surface area (Å²) in [6.07, 6.45) is 4.40. The summed E-state index contributed by atoms with van der Waals surface area (Å²) in [6.45, 7) is 2.03. The van der Waals surface area contributed by atoms with E-state index in [4.69, 9.17) is 0 Å². The van der Waals surface area contributed by atoms with E-state index in [0.717, 1.165) is 34.1 Å². The molecule has 5 rings (SSSR count). The van der Waals surface area contributed by atoms with Gasteiger partial charge in [-0.2, -0.15) is 0 Å². The lowest BCUT2D eigenvalue weighted by atomic mass is 10.1. The van der Waals surface area contributed by atoms with Crippen molar-refractivity contribution in [3.05, 3.63) is 107 Å². The number of carbonyl (C=O) groups excluding carboxylic acids is 2. The lowest BCUT2D eigenvalue weighted by Crippen LogP contribution is -2.41. The van der Waals surface area contributed by atoms with Crippen LogP contribution in [0, 0.1) is 0 Å². The molecule has 2 heterocycles. The summed E-state index contributed by atoms with van der Waals surface area (Å²) in [5.74, 6) is -0.540. The van der Waals surface area contributed by atoms with Crippen LogP contribution in [0.15, 0.2) is 90.8 Å². The number of nitrogens with zero attached hydrogens (tertiary/aromatic N) is 1. The highest BCUT2D eigenvalue weighted by molar-refractivity contribution is 6.13. The summed E-state index contributed by atoms with van der Waals surface area (Å²) in [5.41, 5.74) is 4.59. The Morgan fingerprint density at radius 1 is 0.969 bits per heavy atom. The van der Waals surface area contributed by atoms with E-state index in [-0.39, 0.29) is 23.6 Å². The topological polar surface area (TPSA) is 65.2 Å². The molecule has 1 aromatic heterocycles. The minimum Gasteiger partial charge on any atom is -0.361 e. The molecule has 1 aliphatic rings. The molecule has 2 N–H and O–H groups in total. The Kier molecular flexibility index (Phi) is 5.07. The number of amides is 2. The number of rotatable bonds is 4. The van der Waals surface area contributed by atoms with Gasteiger partial charge in [-0.3, -0.25) is 9.59 Å². The maximum atomic E-state index is 13.8. The predicted octanol–water partition coefficient (Wildman–Crippen LogP) is 4.92. The van der Waals surface area contributed by atoms with Crippen LogP contribution in [0.1, 0.15) is 28.4 Å². The van der Waals surface area contributed by atoms with Crippen molar-refractivity contribution in [3.63, 3.8) is 0 Å². The zero-order valence-corrected chi connectivity index (χ0v) is 17.7. The fourth-order valence-corrected chi connectivity index (χ4v) is 4.31. The van der Waals surface area contributed by atoms with Gasteiger partial charge in [0.2, 0.25) is 0 Å². The minimum absolute atomic E-state index is 0.0000961. The van der Waals surface area contributed by atoms with Gasteiger partial charge < -0.3 is 15.2 Å². The minimum atomic E-state index is -0.315. The molecule has 0 unspecified atom stereocenters. The van der Waals surface area contributed by atoms with E-state index < -0.39 is 0 Å². The van der Waals surface area contributed by atoms with Crippen molar-refractivity contribution in [1.29, 1.82) is 0 Å². The zero-order chi connectivity index (χ0) is 22.1. The number of para-hydroxylation sites is 2. The Labute approximate surface area is 186 Å². The quantitative estimate of drug-likeness (QED) is 0.460. The van der Waals surface area contributed by atoms with Crippen LogP contribution in [0.3, 0.4) is 0 Å². The van der Waals surface area contributed by atoms with E-state index in [1.807, 2.05) is 67.7 Å². The number of anilines is 1. The molecule has 0 saturated heterocycles. The van der Waals surface area contributed by atoms with E-state index in [1.54, 1.807) is 35.2 Å². The predicted molar refractivity (Wildman–Crippen MR) is 127 cm³/mol. The summed E-state index contributed by atoms with van der Waals surface area (Å²) in [7, 11) is 0. The van der Waals surface area contributed by atoms with E-state index in [2.05, 4.69) is 10.3 Å². The highest BCUT2D eigenvalue weighted by atomic mass is 16.2. The summed E-state index contributed by atoms with van der Waals surface area (Å²) in [6, 6.07) is 24.7. The highest BCUT2D eigenvalue weighted by Crippen LogP contribution is 2.33. The Bertz CT molecular complexity index is 1340. The normalized spacial score (nSPS) is 15.6. The number of H-pyrrole nitrogens is 1. The molecule has 0 spiro atoms. The van der Waals surface area contributed by atoms with Crippen LogP contribution in [0.4, 0.5) is 5.69 Å². The molecule has 3 aromatic carbocycles. The van der Waals surface area contributed by atoms with E-state index in [1.165, 1.54) is 0 Å². The third kappa shape index (κ3) is 3.58. The standard InChI is InChI=1S/C27H23N3O2/c1-18-15-20-11-5-8-14-25(20)30(18)27(32)24(29-26(31)19-9-3-2-4-10-19)16-21-17-28-23-13-7-6-12-22(21)23/h2-14,16-18,28H,15H2,1H3,(H,29,31)/b24-16+/t18-/m1/s1. The van der Waals surface area contributed by atoms with Gasteiger partial charge in [-0.25, -0.2) is 0 Å². The van der Waals surface area contributed by atoms with Gasteiger partial charge in [0.1, 0.15) is 5.70 Å². The molecule has 5 nitrogen and oxygen atoms in total. The molecule has 0 aliphatic carbocycles. The largest absolute Gasteiger partial charge is 0.361 e. The molecule has 0 saturated carbocycles. The maximum Gasteiger partial charge on any atom is 0.275 e. The molecule has 158 valence electrons. The molecule has 1 atom stereocenters. The molecule has 5 heteroatoms. The molecule has 0 bridgehead atoms. The van der Waals surface area contributed by atoms with Crippen molar-refractivity contribution < 1.29 is 9.59 Å². The van der Waals surface area contributed by atoms with Gasteiger partial charge in [0.15, 0.2) is 0 Å². The van der Waals surface area contributed by atoms with Crippen LogP contribution in [-0.2, 0) is 11.2 Å². The number of hydrogen-bond donors (Lipinski definition) is 2. The lowest BCUT2D eigenvalue weighted by molar-refractivity contribution is -0.115. The molecule has 32 heavy (non-hydrogen) atoms. The maximum absolute atomic E-state index is 13.8. The second kappa shape index (κ2) is 8.19. The molecule has 0 radical (unpaired) electrons. The third-order valence-electron chi connectivity index (χ3n) is 5.86. The first-order valence-corrected chi connectivity index (χ1v) is 10.7. The SMILES string of the molecule is C[C@@H]1Cc2ccccc2N1C(=O)/C(=C\c1c[nH]c2ccccc12)NC(=O)c1ccccc1. The second-order valence-corrected chi connectivity index (χ2v) is 8.02. The van der Waals surface area contributed by atoms with Gasteiger partial charge in [-0.15, -0.1) is 0 Å². The van der Waals surface area contributed by atoms with Crippen molar-refractivity contribution in [1.82, 2.24) is 10.3 Å². The van der Waals surface area contributed by atoms with Gasteiger partial charge in [0, 0.05) is 40.0 Å². The molecule has 4 aromatic rings. The monoisotopic (exact) mass is 421 g/mol. The van der Waals surface area contributed by atoms with Crippen molar-refractivity contribution in [3.8, 4) is 0 Å². The van der Waals surface area contributed by atoms with Gasteiger partial charge >= 0.3 is 0 Å². The first-order valence-electron chi connectivity index (χ1n) is 10.7. The number of aromatic nitrogens is 1. The number of carbonyl (C=O) groups is 2. The average Bonchev–Trinajstić information content (AvgIpc) is 3.38. The Balaban J connectivity index is 1.56. The van der Waals surface area contributed by atoms with Crippen molar-refractivity contribution in [2.24, 2.45) is 0 Å². The first-order chi connectivity index (χ1) is 15.6. The lowest BCUT2D eigenvalue weighted by Gasteiger charge is -2.24. The van der Waals surface area contributed by atoms with Crippen LogP contribution in [0.2, 0.25) is 0 Å². The molecular formula is C27H23N3O2. The van der Waals surface area contributed by atoms with E-state index >= 15 is 0 Å². The van der Waals surface area contributed by atoms with E-state index in [9.17, 15) is 9.59 Å². The number of hydrogen-bond acceptors (Lipinski definition) is 2. The number of aromatic amines is 1. The summed E-state index contributed by atoms with van der Waals surface area (Å²) < 4.78 is 0. The van der Waals surface area contributed by atoms with Gasteiger partial charge in [-0.05, 0) is 49.2 Å². The highest BCUT2D eigenvalue weighted by Gasteiger charge is 2.33.